The number of carbonyl (C=O) groups excluding carboxylic acids is 1. The Morgan fingerprint density at radius 3 is 2.07 bits per heavy atom. The second-order valence-electron chi connectivity index (χ2n) is 6.86. The molecule has 0 aliphatic heterocycles. The standard InChI is InChI=1S/C23H26O4/c1-5-6-20(17-9-11-19(25)12-10-17)14(2)15(3)21(18-7-8-18)13-22(16(4)24)23(26)27/h5-6,9-13,18,25H,7-8H2,1-4H3,(H,26,27)/b6-5-,20-14+,21-15-,22-13+. The zero-order chi connectivity index (χ0) is 20.1. The predicted octanol–water partition coefficient (Wildman–Crippen LogP) is 5.07. The lowest BCUT2D eigenvalue weighted by atomic mass is 9.90. The third kappa shape index (κ3) is 5.07. The summed E-state index contributed by atoms with van der Waals surface area (Å²) in [6, 6.07) is 6.99. The van der Waals surface area contributed by atoms with Crippen molar-refractivity contribution in [2.24, 2.45) is 5.92 Å². The van der Waals surface area contributed by atoms with Crippen molar-refractivity contribution in [3.05, 3.63) is 70.3 Å². The summed E-state index contributed by atoms with van der Waals surface area (Å²) in [5, 5.41) is 18.9. The summed E-state index contributed by atoms with van der Waals surface area (Å²) in [5.74, 6) is -1.14. The van der Waals surface area contributed by atoms with Crippen LogP contribution in [0.3, 0.4) is 0 Å². The molecule has 1 fully saturated rings. The second-order valence-corrected chi connectivity index (χ2v) is 6.86. The van der Waals surface area contributed by atoms with E-state index >= 15 is 0 Å². The van der Waals surface area contributed by atoms with Crippen molar-refractivity contribution < 1.29 is 19.8 Å². The van der Waals surface area contributed by atoms with E-state index in [2.05, 4.69) is 0 Å². The highest BCUT2D eigenvalue weighted by Crippen LogP contribution is 2.41. The van der Waals surface area contributed by atoms with Crippen LogP contribution in [0.5, 0.6) is 5.75 Å². The van der Waals surface area contributed by atoms with Crippen LogP contribution in [-0.2, 0) is 9.59 Å². The number of Topliss-reactive ketones (excluding diaryl/α,β-unsaturated/α-hetero) is 1. The Morgan fingerprint density at radius 2 is 1.63 bits per heavy atom. The highest BCUT2D eigenvalue weighted by atomic mass is 16.4. The number of phenolic OH excluding ortho intramolecular Hbond substituents is 1. The highest BCUT2D eigenvalue weighted by Gasteiger charge is 2.28. The molecule has 4 nitrogen and oxygen atoms in total. The van der Waals surface area contributed by atoms with E-state index in [0.29, 0.717) is 5.92 Å². The minimum absolute atomic E-state index is 0.179. The van der Waals surface area contributed by atoms with Crippen molar-refractivity contribution in [3.63, 3.8) is 0 Å². The maximum atomic E-state index is 11.7. The summed E-state index contributed by atoms with van der Waals surface area (Å²) in [6.07, 6.45) is 7.50. The maximum Gasteiger partial charge on any atom is 0.339 e. The molecular formula is C23H26O4. The molecular weight excluding hydrogens is 340 g/mol. The van der Waals surface area contributed by atoms with Gasteiger partial charge < -0.3 is 10.2 Å². The lowest BCUT2D eigenvalue weighted by molar-refractivity contribution is -0.134. The van der Waals surface area contributed by atoms with E-state index in [1.54, 1.807) is 18.2 Å². The van der Waals surface area contributed by atoms with E-state index in [4.69, 9.17) is 0 Å². The van der Waals surface area contributed by atoms with Gasteiger partial charge in [-0.25, -0.2) is 4.79 Å². The van der Waals surface area contributed by atoms with Crippen LogP contribution >= 0.6 is 0 Å². The van der Waals surface area contributed by atoms with Crippen LogP contribution in [0.15, 0.2) is 64.8 Å². The molecule has 27 heavy (non-hydrogen) atoms. The van der Waals surface area contributed by atoms with E-state index < -0.39 is 11.8 Å². The number of aromatic hydroxyl groups is 1. The molecule has 0 bridgehead atoms. The van der Waals surface area contributed by atoms with Gasteiger partial charge >= 0.3 is 5.97 Å². The number of benzene rings is 1. The highest BCUT2D eigenvalue weighted by molar-refractivity contribution is 6.16. The normalized spacial score (nSPS) is 16.8. The van der Waals surface area contributed by atoms with Gasteiger partial charge in [-0.2, -0.15) is 0 Å². The number of hydrogen-bond acceptors (Lipinski definition) is 3. The molecule has 0 amide bonds. The molecule has 1 saturated carbocycles. The molecule has 1 aliphatic carbocycles. The molecule has 1 aliphatic rings. The van der Waals surface area contributed by atoms with Crippen molar-refractivity contribution in [2.45, 2.75) is 40.5 Å². The summed E-state index contributed by atoms with van der Waals surface area (Å²) in [7, 11) is 0. The lowest BCUT2D eigenvalue weighted by Crippen LogP contribution is -2.10. The van der Waals surface area contributed by atoms with Gasteiger partial charge in [-0.1, -0.05) is 24.3 Å². The third-order valence-electron chi connectivity index (χ3n) is 4.84. The fourth-order valence-electron chi connectivity index (χ4n) is 3.06. The fourth-order valence-corrected chi connectivity index (χ4v) is 3.06. The van der Waals surface area contributed by atoms with Gasteiger partial charge in [-0.15, -0.1) is 0 Å². The number of carboxylic acids is 1. The Labute approximate surface area is 160 Å². The largest absolute Gasteiger partial charge is 0.508 e. The minimum atomic E-state index is -1.19. The summed E-state index contributed by atoms with van der Waals surface area (Å²) in [6.45, 7) is 7.20. The Hall–Kier alpha value is -2.88. The monoisotopic (exact) mass is 366 g/mol. The molecule has 2 rings (SSSR count). The maximum absolute atomic E-state index is 11.7. The number of allylic oxidation sites excluding steroid dienone is 7. The Morgan fingerprint density at radius 1 is 1.04 bits per heavy atom. The second kappa shape index (κ2) is 8.67. The minimum Gasteiger partial charge on any atom is -0.508 e. The van der Waals surface area contributed by atoms with Gasteiger partial charge in [-0.3, -0.25) is 4.79 Å². The first-order valence-electron chi connectivity index (χ1n) is 9.06. The Bertz CT molecular complexity index is 844. The number of phenols is 1. The zero-order valence-electron chi connectivity index (χ0n) is 16.2. The number of carboxylic acid groups (broad SMARTS) is 1. The molecule has 0 aromatic heterocycles. The molecule has 1 aromatic carbocycles. The number of rotatable bonds is 7. The van der Waals surface area contributed by atoms with Gasteiger partial charge in [0.1, 0.15) is 11.3 Å². The number of hydrogen-bond donors (Lipinski definition) is 2. The predicted molar refractivity (Wildman–Crippen MR) is 107 cm³/mol. The molecule has 0 heterocycles. The van der Waals surface area contributed by atoms with Crippen LogP contribution in [-0.4, -0.2) is 22.0 Å². The molecule has 142 valence electrons. The van der Waals surface area contributed by atoms with Crippen molar-refractivity contribution in [2.75, 3.05) is 0 Å². The molecule has 0 saturated heterocycles. The molecule has 2 N–H and O–H groups in total. The SMILES string of the molecule is C\C=C/C(=C(C)\C(C)=C(\C=C(/C(C)=O)C(=O)O)C1CC1)c1ccc(O)cc1. The number of ketones is 1. The van der Waals surface area contributed by atoms with Gasteiger partial charge in [0, 0.05) is 0 Å². The zero-order valence-corrected chi connectivity index (χ0v) is 16.2. The van der Waals surface area contributed by atoms with Gasteiger partial charge in [0.25, 0.3) is 0 Å². The first-order valence-corrected chi connectivity index (χ1v) is 9.06. The van der Waals surface area contributed by atoms with Gasteiger partial charge in [-0.05, 0) is 92.5 Å². The number of carbonyl (C=O) groups is 2. The van der Waals surface area contributed by atoms with Crippen LogP contribution in [0.1, 0.15) is 46.1 Å². The van der Waals surface area contributed by atoms with Gasteiger partial charge in [0.05, 0.1) is 0 Å². The van der Waals surface area contributed by atoms with E-state index in [0.717, 1.165) is 40.7 Å². The van der Waals surface area contributed by atoms with Crippen molar-refractivity contribution >= 4 is 17.3 Å². The molecule has 0 atom stereocenters. The van der Waals surface area contributed by atoms with Gasteiger partial charge in [0.2, 0.25) is 0 Å². The van der Waals surface area contributed by atoms with Crippen LogP contribution in [0.4, 0.5) is 0 Å². The molecule has 4 heteroatoms. The van der Waals surface area contributed by atoms with Crippen molar-refractivity contribution in [1.29, 1.82) is 0 Å². The average Bonchev–Trinajstić information content (AvgIpc) is 3.44. The third-order valence-corrected chi connectivity index (χ3v) is 4.84. The van der Waals surface area contributed by atoms with E-state index in [1.165, 1.54) is 6.92 Å². The summed E-state index contributed by atoms with van der Waals surface area (Å²) in [5.41, 5.74) is 4.71. The van der Waals surface area contributed by atoms with Crippen LogP contribution in [0, 0.1) is 5.92 Å². The fraction of sp³-hybridized carbons (Fsp3) is 0.304. The molecule has 0 spiro atoms. The van der Waals surface area contributed by atoms with Gasteiger partial charge in [0.15, 0.2) is 5.78 Å². The smallest absolute Gasteiger partial charge is 0.339 e. The quantitative estimate of drug-likeness (QED) is 0.306. The lowest BCUT2D eigenvalue weighted by Gasteiger charge is -2.14. The molecule has 0 radical (unpaired) electrons. The first-order chi connectivity index (χ1) is 12.8. The summed E-state index contributed by atoms with van der Waals surface area (Å²) in [4.78, 5) is 23.2. The first kappa shape index (κ1) is 20.4. The molecule has 1 aromatic rings. The summed E-state index contributed by atoms with van der Waals surface area (Å²) >= 11 is 0. The average molecular weight is 366 g/mol. The van der Waals surface area contributed by atoms with Crippen molar-refractivity contribution in [1.82, 2.24) is 0 Å². The van der Waals surface area contributed by atoms with Crippen molar-refractivity contribution in [3.8, 4) is 5.75 Å². The summed E-state index contributed by atoms with van der Waals surface area (Å²) < 4.78 is 0. The van der Waals surface area contributed by atoms with Crippen LogP contribution in [0.25, 0.3) is 5.57 Å². The van der Waals surface area contributed by atoms with Crippen LogP contribution < -0.4 is 0 Å². The Balaban J connectivity index is 2.65. The van der Waals surface area contributed by atoms with E-state index in [-0.39, 0.29) is 11.3 Å². The molecule has 0 unspecified atom stereocenters. The van der Waals surface area contributed by atoms with E-state index in [9.17, 15) is 19.8 Å². The number of aliphatic carboxylic acids is 1. The van der Waals surface area contributed by atoms with Crippen LogP contribution in [0.2, 0.25) is 0 Å². The Kier molecular flexibility index (Phi) is 6.56. The van der Waals surface area contributed by atoms with E-state index in [1.807, 2.05) is 45.1 Å². The topological polar surface area (TPSA) is 74.6 Å².